The van der Waals surface area contributed by atoms with Gasteiger partial charge in [0.05, 0.1) is 15.9 Å². The van der Waals surface area contributed by atoms with Gasteiger partial charge >= 0.3 is 29.6 Å². The smallest absolute Gasteiger partial charge is 0.748 e. The zero-order valence-electron chi connectivity index (χ0n) is 9.74. The summed E-state index contributed by atoms with van der Waals surface area (Å²) in [7, 11) is -4.06. The maximum absolute atomic E-state index is 10.2. The van der Waals surface area contributed by atoms with E-state index in [1.54, 1.807) is 6.08 Å². The van der Waals surface area contributed by atoms with Crippen LogP contribution in [0.15, 0.2) is 12.2 Å². The van der Waals surface area contributed by atoms with Gasteiger partial charge in [0.15, 0.2) is 0 Å². The van der Waals surface area contributed by atoms with Crippen molar-refractivity contribution in [2.24, 2.45) is 0 Å². The van der Waals surface area contributed by atoms with E-state index in [0.717, 1.165) is 12.8 Å². The molecule has 0 rings (SSSR count). The van der Waals surface area contributed by atoms with Crippen molar-refractivity contribution in [1.82, 2.24) is 0 Å². The van der Waals surface area contributed by atoms with E-state index in [4.69, 9.17) is 0 Å². The largest absolute Gasteiger partial charge is 1.00 e. The predicted octanol–water partition coefficient (Wildman–Crippen LogP) is -0.548. The van der Waals surface area contributed by atoms with Gasteiger partial charge in [-0.3, -0.25) is 0 Å². The van der Waals surface area contributed by atoms with Crippen LogP contribution in [0.3, 0.4) is 0 Å². The molecule has 0 saturated carbocycles. The van der Waals surface area contributed by atoms with Crippen molar-refractivity contribution in [3.05, 3.63) is 12.2 Å². The van der Waals surface area contributed by atoms with Gasteiger partial charge in [0.1, 0.15) is 0 Å². The Balaban J connectivity index is 0. The number of allylic oxidation sites excluding steroid dienone is 1. The number of unbranched alkanes of at least 4 members (excludes halogenated alkanes) is 5. The van der Waals surface area contributed by atoms with Crippen molar-refractivity contribution < 1.29 is 42.5 Å². The summed E-state index contributed by atoms with van der Waals surface area (Å²) in [5.41, 5.74) is 0. The van der Waals surface area contributed by atoms with E-state index in [9.17, 15) is 13.0 Å². The number of hydrogen-bond acceptors (Lipinski definition) is 3. The minimum atomic E-state index is -4.06. The van der Waals surface area contributed by atoms with Gasteiger partial charge in [0, 0.05) is 0 Å². The molecule has 0 aliphatic carbocycles. The number of hydrogen-bond donors (Lipinski definition) is 0. The predicted molar refractivity (Wildman–Crippen MR) is 57.1 cm³/mol. The molecule has 0 aromatic rings. The van der Waals surface area contributed by atoms with Crippen LogP contribution in [-0.4, -0.2) is 18.7 Å². The standard InChI is InChI=1S/C10H20O3S.Na/c1-2-3-4-5-6-7-8-9-10-14(11,12)13;/h8-9H,2-7,10H2,1H3,(H,11,12,13);/q;+1/p-1. The van der Waals surface area contributed by atoms with Crippen LogP contribution in [0, 0.1) is 0 Å². The van der Waals surface area contributed by atoms with E-state index < -0.39 is 10.1 Å². The molecule has 15 heavy (non-hydrogen) atoms. The first kappa shape index (κ1) is 18.0. The summed E-state index contributed by atoms with van der Waals surface area (Å²) >= 11 is 0. The van der Waals surface area contributed by atoms with Gasteiger partial charge in [0.2, 0.25) is 0 Å². The maximum Gasteiger partial charge on any atom is 1.00 e. The monoisotopic (exact) mass is 242 g/mol. The van der Waals surface area contributed by atoms with Crippen LogP contribution in [0.2, 0.25) is 0 Å². The van der Waals surface area contributed by atoms with Crippen molar-refractivity contribution in [3.8, 4) is 0 Å². The van der Waals surface area contributed by atoms with Crippen molar-refractivity contribution in [2.45, 2.75) is 45.4 Å². The van der Waals surface area contributed by atoms with E-state index in [0.29, 0.717) is 0 Å². The Kier molecular flexibility index (Phi) is 13.4. The van der Waals surface area contributed by atoms with E-state index in [1.807, 2.05) is 0 Å². The Bertz CT molecular complexity index is 247. The molecule has 0 unspecified atom stereocenters. The van der Waals surface area contributed by atoms with Gasteiger partial charge in [-0.2, -0.15) is 0 Å². The molecule has 0 radical (unpaired) electrons. The molecule has 0 aliphatic heterocycles. The second kappa shape index (κ2) is 11.1. The molecule has 0 amide bonds. The summed E-state index contributed by atoms with van der Waals surface area (Å²) in [6, 6.07) is 0. The van der Waals surface area contributed by atoms with Crippen LogP contribution in [0.4, 0.5) is 0 Å². The number of rotatable bonds is 8. The molecule has 84 valence electrons. The normalized spacial score (nSPS) is 11.6. The topological polar surface area (TPSA) is 57.2 Å². The third kappa shape index (κ3) is 17.3. The molecule has 0 aromatic carbocycles. The average molecular weight is 242 g/mol. The van der Waals surface area contributed by atoms with Crippen molar-refractivity contribution in [1.29, 1.82) is 0 Å². The van der Waals surface area contributed by atoms with Crippen LogP contribution in [-0.2, 0) is 10.1 Å². The Morgan fingerprint density at radius 2 is 1.67 bits per heavy atom. The molecule has 5 heteroatoms. The first-order valence-corrected chi connectivity index (χ1v) is 6.72. The Morgan fingerprint density at radius 3 is 2.20 bits per heavy atom. The maximum atomic E-state index is 10.2. The molecule has 0 bridgehead atoms. The summed E-state index contributed by atoms with van der Waals surface area (Å²) in [5.74, 6) is -0.373. The van der Waals surface area contributed by atoms with Gasteiger partial charge in [-0.05, 0) is 12.8 Å². The van der Waals surface area contributed by atoms with E-state index in [1.165, 1.54) is 31.8 Å². The van der Waals surface area contributed by atoms with E-state index in [2.05, 4.69) is 6.92 Å². The van der Waals surface area contributed by atoms with E-state index >= 15 is 0 Å². The van der Waals surface area contributed by atoms with Gasteiger partial charge in [-0.1, -0.05) is 44.8 Å². The molecule has 0 heterocycles. The van der Waals surface area contributed by atoms with Crippen LogP contribution in [0.1, 0.15) is 45.4 Å². The zero-order chi connectivity index (χ0) is 10.9. The Hall–Kier alpha value is 0.650. The second-order valence-corrected chi connectivity index (χ2v) is 4.85. The first-order valence-electron chi connectivity index (χ1n) is 5.15. The van der Waals surface area contributed by atoms with Crippen LogP contribution in [0.5, 0.6) is 0 Å². The van der Waals surface area contributed by atoms with Gasteiger partial charge < -0.3 is 4.55 Å². The summed E-state index contributed by atoms with van der Waals surface area (Å²) in [5, 5.41) is 0. The van der Waals surface area contributed by atoms with Gasteiger partial charge in [-0.15, -0.1) is 0 Å². The van der Waals surface area contributed by atoms with Gasteiger partial charge in [-0.25, -0.2) is 8.42 Å². The third-order valence-corrected chi connectivity index (χ3v) is 2.54. The third-order valence-electron chi connectivity index (χ3n) is 1.94. The molecule has 0 saturated heterocycles. The Labute approximate surface area is 115 Å². The molecule has 0 spiro atoms. The average Bonchev–Trinajstić information content (AvgIpc) is 2.08. The van der Waals surface area contributed by atoms with Crippen molar-refractivity contribution in [3.63, 3.8) is 0 Å². The van der Waals surface area contributed by atoms with Crippen LogP contribution < -0.4 is 29.6 Å². The molecule has 3 nitrogen and oxygen atoms in total. The van der Waals surface area contributed by atoms with Crippen molar-refractivity contribution in [2.75, 3.05) is 5.75 Å². The zero-order valence-corrected chi connectivity index (χ0v) is 12.6. The van der Waals surface area contributed by atoms with Crippen LogP contribution in [0.25, 0.3) is 0 Å². The fourth-order valence-corrected chi connectivity index (χ4v) is 1.54. The molecule has 0 aromatic heterocycles. The summed E-state index contributed by atoms with van der Waals surface area (Å²) in [4.78, 5) is 0. The summed E-state index contributed by atoms with van der Waals surface area (Å²) < 4.78 is 30.6. The molecule has 0 aliphatic rings. The minimum absolute atomic E-state index is 0. The van der Waals surface area contributed by atoms with Crippen molar-refractivity contribution >= 4 is 10.1 Å². The Morgan fingerprint density at radius 1 is 1.07 bits per heavy atom. The molecule has 0 N–H and O–H groups in total. The molecule has 0 atom stereocenters. The molecule has 0 fully saturated rings. The second-order valence-electron chi connectivity index (χ2n) is 3.40. The van der Waals surface area contributed by atoms with Crippen LogP contribution >= 0.6 is 0 Å². The SMILES string of the molecule is CCCCCCCC=CCS(=O)(=O)[O-].[Na+]. The van der Waals surface area contributed by atoms with Gasteiger partial charge in [0.25, 0.3) is 0 Å². The summed E-state index contributed by atoms with van der Waals surface area (Å²) in [6.07, 6.45) is 10.1. The first-order chi connectivity index (χ1) is 6.56. The fraction of sp³-hybridized carbons (Fsp3) is 0.800. The minimum Gasteiger partial charge on any atom is -0.748 e. The quantitative estimate of drug-likeness (QED) is 0.248. The molecular formula is C10H19NaO3S. The fourth-order valence-electron chi connectivity index (χ4n) is 1.17. The summed E-state index contributed by atoms with van der Waals surface area (Å²) in [6.45, 7) is 2.17. The van der Waals surface area contributed by atoms with E-state index in [-0.39, 0.29) is 35.3 Å². The molecular weight excluding hydrogens is 223 g/mol.